The second kappa shape index (κ2) is 9.03. The van der Waals surface area contributed by atoms with E-state index < -0.39 is 0 Å². The van der Waals surface area contributed by atoms with Crippen molar-refractivity contribution in [3.05, 3.63) is 35.4 Å². The van der Waals surface area contributed by atoms with Crippen molar-refractivity contribution in [2.24, 2.45) is 4.99 Å². The summed E-state index contributed by atoms with van der Waals surface area (Å²) in [4.78, 5) is 20.9. The molecular formula is C20H30N4O2. The van der Waals surface area contributed by atoms with E-state index in [0.717, 1.165) is 45.0 Å². The summed E-state index contributed by atoms with van der Waals surface area (Å²) in [7, 11) is 1.77. The molecule has 2 aliphatic rings. The number of carbonyl (C=O) groups is 1. The van der Waals surface area contributed by atoms with Gasteiger partial charge < -0.3 is 19.9 Å². The second-order valence-corrected chi connectivity index (χ2v) is 7.00. The van der Waals surface area contributed by atoms with Crippen LogP contribution in [0.2, 0.25) is 0 Å². The van der Waals surface area contributed by atoms with E-state index >= 15 is 0 Å². The first kappa shape index (κ1) is 18.7. The number of likely N-dealkylation sites (tertiary alicyclic amines) is 1. The van der Waals surface area contributed by atoms with E-state index in [2.05, 4.69) is 40.3 Å². The number of carbonyl (C=O) groups excluding carboxylic acids is 1. The zero-order chi connectivity index (χ0) is 18.4. The Bertz CT molecular complexity index is 640. The van der Waals surface area contributed by atoms with Crippen LogP contribution in [0.25, 0.3) is 0 Å². The average Bonchev–Trinajstić information content (AvgIpc) is 2.69. The fraction of sp³-hybridized carbons (Fsp3) is 0.600. The zero-order valence-corrected chi connectivity index (χ0v) is 15.9. The molecule has 0 bridgehead atoms. The third-order valence-corrected chi connectivity index (χ3v) is 5.22. The minimum Gasteiger partial charge on any atom is -0.370 e. The number of morpholine rings is 1. The van der Waals surface area contributed by atoms with E-state index in [-0.39, 0.29) is 12.0 Å². The molecule has 0 aromatic heterocycles. The van der Waals surface area contributed by atoms with Gasteiger partial charge in [-0.2, -0.15) is 0 Å². The summed E-state index contributed by atoms with van der Waals surface area (Å²) in [6, 6.07) is 8.34. The molecule has 0 radical (unpaired) electrons. The first-order valence-corrected chi connectivity index (χ1v) is 9.59. The molecule has 6 heteroatoms. The van der Waals surface area contributed by atoms with Crippen LogP contribution in [0.1, 0.15) is 36.5 Å². The summed E-state index contributed by atoms with van der Waals surface area (Å²) in [6.45, 7) is 6.35. The lowest BCUT2D eigenvalue weighted by Gasteiger charge is -2.36. The third kappa shape index (κ3) is 4.55. The number of aliphatic imine (C=N–C) groups is 1. The standard InChI is InChI=1S/C20H30N4O2/c1-16-8-4-5-9-17(16)18-15-24(12-13-26-18)20(21-2)22-14-19(25)23-10-6-3-7-11-23/h4-5,8-9,18H,3,6-7,10-15H2,1-2H3,(H,21,22). The lowest BCUT2D eigenvalue weighted by atomic mass is 10.0. The highest BCUT2D eigenvalue weighted by Crippen LogP contribution is 2.24. The van der Waals surface area contributed by atoms with Crippen molar-refractivity contribution >= 4 is 11.9 Å². The molecule has 0 aliphatic carbocycles. The highest BCUT2D eigenvalue weighted by molar-refractivity contribution is 5.86. The number of amides is 1. The molecule has 26 heavy (non-hydrogen) atoms. The van der Waals surface area contributed by atoms with Crippen molar-refractivity contribution in [1.82, 2.24) is 15.1 Å². The summed E-state index contributed by atoms with van der Waals surface area (Å²) in [5.41, 5.74) is 2.46. The van der Waals surface area contributed by atoms with Gasteiger partial charge in [0.15, 0.2) is 5.96 Å². The molecule has 6 nitrogen and oxygen atoms in total. The molecule has 2 fully saturated rings. The van der Waals surface area contributed by atoms with Crippen molar-refractivity contribution in [1.29, 1.82) is 0 Å². The highest BCUT2D eigenvalue weighted by Gasteiger charge is 2.25. The van der Waals surface area contributed by atoms with Gasteiger partial charge in [0.25, 0.3) is 0 Å². The number of hydrogen-bond acceptors (Lipinski definition) is 3. The Morgan fingerprint density at radius 1 is 1.19 bits per heavy atom. The van der Waals surface area contributed by atoms with Crippen LogP contribution < -0.4 is 5.32 Å². The summed E-state index contributed by atoms with van der Waals surface area (Å²) < 4.78 is 5.99. The van der Waals surface area contributed by atoms with E-state index in [1.54, 1.807) is 7.05 Å². The van der Waals surface area contributed by atoms with Crippen molar-refractivity contribution in [3.8, 4) is 0 Å². The first-order chi connectivity index (χ1) is 12.7. The molecule has 2 saturated heterocycles. The number of ether oxygens (including phenoxy) is 1. The Balaban J connectivity index is 1.57. The average molecular weight is 358 g/mol. The van der Waals surface area contributed by atoms with Crippen LogP contribution in [-0.2, 0) is 9.53 Å². The molecule has 0 spiro atoms. The zero-order valence-electron chi connectivity index (χ0n) is 15.9. The van der Waals surface area contributed by atoms with Gasteiger partial charge in [-0.15, -0.1) is 0 Å². The fourth-order valence-corrected chi connectivity index (χ4v) is 3.72. The summed E-state index contributed by atoms with van der Waals surface area (Å²) in [5.74, 6) is 0.937. The highest BCUT2D eigenvalue weighted by atomic mass is 16.5. The molecule has 1 aromatic rings. The van der Waals surface area contributed by atoms with Gasteiger partial charge in [-0.1, -0.05) is 24.3 Å². The number of rotatable bonds is 3. The summed E-state index contributed by atoms with van der Waals surface area (Å²) in [6.07, 6.45) is 3.48. The van der Waals surface area contributed by atoms with Gasteiger partial charge in [-0.25, -0.2) is 0 Å². The quantitative estimate of drug-likeness (QED) is 0.663. The van der Waals surface area contributed by atoms with Gasteiger partial charge in [-0.05, 0) is 37.3 Å². The van der Waals surface area contributed by atoms with Gasteiger partial charge in [0.1, 0.15) is 6.10 Å². The molecule has 2 aliphatic heterocycles. The molecule has 1 N–H and O–H groups in total. The maximum absolute atomic E-state index is 12.4. The Morgan fingerprint density at radius 3 is 2.69 bits per heavy atom. The molecule has 1 amide bonds. The molecular weight excluding hydrogens is 328 g/mol. The van der Waals surface area contributed by atoms with Crippen LogP contribution in [0.4, 0.5) is 0 Å². The topological polar surface area (TPSA) is 57.2 Å². The first-order valence-electron chi connectivity index (χ1n) is 9.59. The number of hydrogen-bond donors (Lipinski definition) is 1. The lowest BCUT2D eigenvalue weighted by Crippen LogP contribution is -2.51. The van der Waals surface area contributed by atoms with Crippen LogP contribution >= 0.6 is 0 Å². The van der Waals surface area contributed by atoms with Gasteiger partial charge in [-0.3, -0.25) is 9.79 Å². The molecule has 1 aromatic carbocycles. The summed E-state index contributed by atoms with van der Waals surface area (Å²) in [5, 5.41) is 3.25. The number of nitrogens with zero attached hydrogens (tertiary/aromatic N) is 3. The van der Waals surface area contributed by atoms with Crippen molar-refractivity contribution in [2.45, 2.75) is 32.3 Å². The maximum Gasteiger partial charge on any atom is 0.241 e. The van der Waals surface area contributed by atoms with E-state index in [9.17, 15) is 4.79 Å². The van der Waals surface area contributed by atoms with Crippen molar-refractivity contribution < 1.29 is 9.53 Å². The largest absolute Gasteiger partial charge is 0.370 e. The normalized spacial score (nSPS) is 21.6. The summed E-state index contributed by atoms with van der Waals surface area (Å²) >= 11 is 0. The van der Waals surface area contributed by atoms with E-state index in [0.29, 0.717) is 13.2 Å². The molecule has 142 valence electrons. The molecule has 1 unspecified atom stereocenters. The number of guanidine groups is 1. The SMILES string of the molecule is CN=C(NCC(=O)N1CCCCC1)N1CCOC(c2ccccc2C)C1. The monoisotopic (exact) mass is 358 g/mol. The van der Waals surface area contributed by atoms with Crippen molar-refractivity contribution in [3.63, 3.8) is 0 Å². The Labute approximate surface area is 156 Å². The Morgan fingerprint density at radius 2 is 1.96 bits per heavy atom. The van der Waals surface area contributed by atoms with Crippen LogP contribution in [0, 0.1) is 6.92 Å². The third-order valence-electron chi connectivity index (χ3n) is 5.22. The number of piperidine rings is 1. The lowest BCUT2D eigenvalue weighted by molar-refractivity contribution is -0.130. The predicted octanol–water partition coefficient (Wildman–Crippen LogP) is 1.96. The van der Waals surface area contributed by atoms with Gasteiger partial charge >= 0.3 is 0 Å². The molecule has 2 heterocycles. The molecule has 3 rings (SSSR count). The smallest absolute Gasteiger partial charge is 0.241 e. The minimum absolute atomic E-state index is 0.0290. The van der Waals surface area contributed by atoms with Crippen LogP contribution in [0.15, 0.2) is 29.3 Å². The number of aryl methyl sites for hydroxylation is 1. The van der Waals surface area contributed by atoms with E-state index in [1.165, 1.54) is 17.5 Å². The Kier molecular flexibility index (Phi) is 6.50. The Hall–Kier alpha value is -2.08. The van der Waals surface area contributed by atoms with Gasteiger partial charge in [0, 0.05) is 26.7 Å². The molecule has 1 atom stereocenters. The number of nitrogens with one attached hydrogen (secondary N) is 1. The fourth-order valence-electron chi connectivity index (χ4n) is 3.72. The van der Waals surface area contributed by atoms with Gasteiger partial charge in [0.2, 0.25) is 5.91 Å². The van der Waals surface area contributed by atoms with Crippen LogP contribution in [0.3, 0.4) is 0 Å². The van der Waals surface area contributed by atoms with Gasteiger partial charge in [0.05, 0.1) is 19.7 Å². The van der Waals surface area contributed by atoms with E-state index in [4.69, 9.17) is 4.74 Å². The van der Waals surface area contributed by atoms with Crippen LogP contribution in [0.5, 0.6) is 0 Å². The second-order valence-electron chi connectivity index (χ2n) is 7.00. The molecule has 0 saturated carbocycles. The predicted molar refractivity (Wildman–Crippen MR) is 103 cm³/mol. The maximum atomic E-state index is 12.4. The van der Waals surface area contributed by atoms with Crippen LogP contribution in [-0.4, -0.2) is 68.0 Å². The number of benzene rings is 1. The van der Waals surface area contributed by atoms with Crippen molar-refractivity contribution in [2.75, 3.05) is 46.4 Å². The minimum atomic E-state index is 0.0290. The van der Waals surface area contributed by atoms with E-state index in [1.807, 2.05) is 11.0 Å².